The molecule has 18 heavy (non-hydrogen) atoms. The maximum absolute atomic E-state index is 5.76. The van der Waals surface area contributed by atoms with Crippen LogP contribution in [0.2, 0.25) is 0 Å². The number of halogens is 1. The zero-order valence-corrected chi connectivity index (χ0v) is 12.3. The fourth-order valence-electron chi connectivity index (χ4n) is 2.07. The van der Waals surface area contributed by atoms with Gasteiger partial charge in [0.25, 0.3) is 0 Å². The summed E-state index contributed by atoms with van der Waals surface area (Å²) < 4.78 is 12.2. The number of hydrogen-bond donors (Lipinski definition) is 1. The molecule has 1 aliphatic heterocycles. The minimum atomic E-state index is 0.576. The topological polar surface area (TPSA) is 30.5 Å². The Labute approximate surface area is 117 Å². The Morgan fingerprint density at radius 2 is 2.39 bits per heavy atom. The zero-order valence-electron chi connectivity index (χ0n) is 10.7. The second-order valence-corrected chi connectivity index (χ2v) is 5.56. The molecule has 2 rings (SSSR count). The quantitative estimate of drug-likeness (QED) is 0.876. The Morgan fingerprint density at radius 1 is 1.50 bits per heavy atom. The van der Waals surface area contributed by atoms with E-state index in [0.29, 0.717) is 12.5 Å². The molecule has 1 aromatic rings. The zero-order chi connectivity index (χ0) is 12.8. The van der Waals surface area contributed by atoms with E-state index in [-0.39, 0.29) is 0 Å². The molecule has 1 atom stereocenters. The van der Waals surface area contributed by atoms with Gasteiger partial charge >= 0.3 is 0 Å². The van der Waals surface area contributed by atoms with Crippen molar-refractivity contribution < 1.29 is 9.47 Å². The average molecular weight is 314 g/mol. The Morgan fingerprint density at radius 3 is 3.06 bits per heavy atom. The molecule has 0 aliphatic carbocycles. The molecule has 3 nitrogen and oxygen atoms in total. The van der Waals surface area contributed by atoms with Crippen LogP contribution in [0.3, 0.4) is 0 Å². The minimum Gasteiger partial charge on any atom is -0.381 e. The van der Waals surface area contributed by atoms with Crippen molar-refractivity contribution in [3.63, 3.8) is 0 Å². The molecule has 1 aliphatic rings. The smallest absolute Gasteiger partial charge is 0.0727 e. The van der Waals surface area contributed by atoms with Crippen molar-refractivity contribution in [3.8, 4) is 0 Å². The van der Waals surface area contributed by atoms with Gasteiger partial charge in [-0.1, -0.05) is 28.1 Å². The van der Waals surface area contributed by atoms with Crippen molar-refractivity contribution in [2.45, 2.75) is 19.6 Å². The summed E-state index contributed by atoms with van der Waals surface area (Å²) in [6.07, 6.45) is 1.13. The van der Waals surface area contributed by atoms with Gasteiger partial charge in [-0.3, -0.25) is 0 Å². The van der Waals surface area contributed by atoms with Gasteiger partial charge in [0, 0.05) is 23.5 Å². The van der Waals surface area contributed by atoms with Crippen LogP contribution >= 0.6 is 15.9 Å². The van der Waals surface area contributed by atoms with Gasteiger partial charge in [-0.2, -0.15) is 0 Å². The summed E-state index contributed by atoms with van der Waals surface area (Å²) in [7, 11) is 1.95. The summed E-state index contributed by atoms with van der Waals surface area (Å²) >= 11 is 3.60. The lowest BCUT2D eigenvalue weighted by Gasteiger charge is -2.11. The van der Waals surface area contributed by atoms with Crippen molar-refractivity contribution >= 4 is 15.9 Å². The van der Waals surface area contributed by atoms with Crippen molar-refractivity contribution in [2.24, 2.45) is 5.92 Å². The van der Waals surface area contributed by atoms with E-state index in [9.17, 15) is 0 Å². The largest absolute Gasteiger partial charge is 0.381 e. The van der Waals surface area contributed by atoms with Gasteiger partial charge in [-0.05, 0) is 30.7 Å². The van der Waals surface area contributed by atoms with Crippen molar-refractivity contribution in [1.82, 2.24) is 5.32 Å². The molecule has 1 aromatic carbocycles. The van der Waals surface area contributed by atoms with Crippen molar-refractivity contribution in [1.29, 1.82) is 0 Å². The van der Waals surface area contributed by atoms with Crippen LogP contribution in [0.4, 0.5) is 0 Å². The molecule has 4 heteroatoms. The Balaban J connectivity index is 1.81. The molecule has 0 bridgehead atoms. The van der Waals surface area contributed by atoms with Crippen LogP contribution in [0.15, 0.2) is 22.7 Å². The van der Waals surface area contributed by atoms with Gasteiger partial charge in [0.2, 0.25) is 0 Å². The standard InChI is InChI=1S/C14H20BrNO2/c1-16-7-11-2-3-13(14(15)6-11)10-18-9-12-4-5-17-8-12/h2-3,6,12,16H,4-5,7-10H2,1H3. The highest BCUT2D eigenvalue weighted by Gasteiger charge is 2.15. The fourth-order valence-corrected chi connectivity index (χ4v) is 2.61. The van der Waals surface area contributed by atoms with E-state index >= 15 is 0 Å². The van der Waals surface area contributed by atoms with Gasteiger partial charge in [-0.25, -0.2) is 0 Å². The van der Waals surface area contributed by atoms with Crippen LogP contribution in [0.25, 0.3) is 0 Å². The predicted octanol–water partition coefficient (Wildman–Crippen LogP) is 2.72. The monoisotopic (exact) mass is 313 g/mol. The first-order valence-electron chi connectivity index (χ1n) is 6.37. The highest BCUT2D eigenvalue weighted by molar-refractivity contribution is 9.10. The highest BCUT2D eigenvalue weighted by atomic mass is 79.9. The molecule has 1 saturated heterocycles. The summed E-state index contributed by atoms with van der Waals surface area (Å²) in [5.41, 5.74) is 2.48. The molecule has 1 fully saturated rings. The molecule has 0 amide bonds. The first kappa shape index (κ1) is 14.0. The Kier molecular flexibility index (Phi) is 5.63. The van der Waals surface area contributed by atoms with Gasteiger partial charge in [0.1, 0.15) is 0 Å². The summed E-state index contributed by atoms with van der Waals surface area (Å²) in [6, 6.07) is 6.41. The molecule has 0 saturated carbocycles. The summed E-state index contributed by atoms with van der Waals surface area (Å²) in [5, 5.41) is 3.14. The summed E-state index contributed by atoms with van der Waals surface area (Å²) in [6.45, 7) is 4.08. The first-order chi connectivity index (χ1) is 8.79. The molecule has 100 valence electrons. The maximum atomic E-state index is 5.76. The molecule has 0 spiro atoms. The van der Waals surface area contributed by atoms with Crippen molar-refractivity contribution in [3.05, 3.63) is 33.8 Å². The van der Waals surface area contributed by atoms with E-state index in [1.165, 1.54) is 11.1 Å². The minimum absolute atomic E-state index is 0.576. The SMILES string of the molecule is CNCc1ccc(COCC2CCOC2)c(Br)c1. The van der Waals surface area contributed by atoms with Crippen LogP contribution in [-0.4, -0.2) is 26.9 Å². The third kappa shape index (κ3) is 4.05. The van der Waals surface area contributed by atoms with Gasteiger partial charge in [0.15, 0.2) is 0 Å². The number of rotatable bonds is 6. The maximum Gasteiger partial charge on any atom is 0.0727 e. The third-order valence-corrected chi connectivity index (χ3v) is 3.87. The van der Waals surface area contributed by atoms with Gasteiger partial charge < -0.3 is 14.8 Å². The summed E-state index contributed by atoms with van der Waals surface area (Å²) in [4.78, 5) is 0. The molecule has 0 aromatic heterocycles. The number of ether oxygens (including phenoxy) is 2. The van der Waals surface area contributed by atoms with Crippen LogP contribution in [-0.2, 0) is 22.6 Å². The van der Waals surface area contributed by atoms with Crippen LogP contribution in [0.5, 0.6) is 0 Å². The number of benzene rings is 1. The van der Waals surface area contributed by atoms with E-state index in [1.54, 1.807) is 0 Å². The van der Waals surface area contributed by atoms with Crippen LogP contribution in [0, 0.1) is 5.92 Å². The van der Waals surface area contributed by atoms with E-state index < -0.39 is 0 Å². The first-order valence-corrected chi connectivity index (χ1v) is 7.16. The van der Waals surface area contributed by atoms with Gasteiger partial charge in [-0.15, -0.1) is 0 Å². The molecule has 0 radical (unpaired) electrons. The lowest BCUT2D eigenvalue weighted by molar-refractivity contribution is 0.0788. The third-order valence-electron chi connectivity index (χ3n) is 3.13. The number of hydrogen-bond acceptors (Lipinski definition) is 3. The van der Waals surface area contributed by atoms with E-state index in [2.05, 4.69) is 39.4 Å². The average Bonchev–Trinajstić information content (AvgIpc) is 2.85. The normalized spacial score (nSPS) is 19.3. The van der Waals surface area contributed by atoms with E-state index in [0.717, 1.165) is 37.3 Å². The molecule has 1 heterocycles. The van der Waals surface area contributed by atoms with Crippen LogP contribution in [0.1, 0.15) is 17.5 Å². The second kappa shape index (κ2) is 7.24. The fraction of sp³-hybridized carbons (Fsp3) is 0.571. The molecular formula is C14H20BrNO2. The van der Waals surface area contributed by atoms with E-state index in [1.807, 2.05) is 7.05 Å². The van der Waals surface area contributed by atoms with E-state index in [4.69, 9.17) is 9.47 Å². The summed E-state index contributed by atoms with van der Waals surface area (Å²) in [5.74, 6) is 0.576. The highest BCUT2D eigenvalue weighted by Crippen LogP contribution is 2.20. The van der Waals surface area contributed by atoms with Gasteiger partial charge in [0.05, 0.1) is 19.8 Å². The molecule has 1 N–H and O–H groups in total. The van der Waals surface area contributed by atoms with Crippen LogP contribution < -0.4 is 5.32 Å². The van der Waals surface area contributed by atoms with Crippen molar-refractivity contribution in [2.75, 3.05) is 26.9 Å². The molecular weight excluding hydrogens is 294 g/mol. The Hall–Kier alpha value is -0.420. The Bertz CT molecular complexity index is 378. The lowest BCUT2D eigenvalue weighted by Crippen LogP contribution is -2.09. The second-order valence-electron chi connectivity index (χ2n) is 4.70. The number of nitrogens with one attached hydrogen (secondary N) is 1. The molecule has 1 unspecified atom stereocenters. The predicted molar refractivity (Wildman–Crippen MR) is 75.5 cm³/mol. The lowest BCUT2D eigenvalue weighted by atomic mass is 10.1.